The van der Waals surface area contributed by atoms with Gasteiger partial charge in [0.1, 0.15) is 28.9 Å². The first-order valence-electron chi connectivity index (χ1n) is 11.8. The third-order valence-corrected chi connectivity index (χ3v) is 9.44. The second kappa shape index (κ2) is 11.6. The Hall–Kier alpha value is -3.40. The quantitative estimate of drug-likeness (QED) is 0.386. The van der Waals surface area contributed by atoms with E-state index in [0.717, 1.165) is 11.3 Å². The highest BCUT2D eigenvalue weighted by Gasteiger charge is 2.35. The van der Waals surface area contributed by atoms with Crippen LogP contribution in [0.4, 0.5) is 5.69 Å². The zero-order valence-corrected chi connectivity index (χ0v) is 22.7. The smallest absolute Gasteiger partial charge is 0.258 e. The third kappa shape index (κ3) is 6.01. The van der Waals surface area contributed by atoms with Crippen LogP contribution < -0.4 is 10.1 Å². The van der Waals surface area contributed by atoms with Crippen molar-refractivity contribution in [1.82, 2.24) is 29.4 Å². The van der Waals surface area contributed by atoms with Crippen molar-refractivity contribution in [2.45, 2.75) is 36.7 Å². The predicted octanol–water partition coefficient (Wildman–Crippen LogP) is 0.914. The van der Waals surface area contributed by atoms with Crippen LogP contribution in [0.25, 0.3) is 0 Å². The molecule has 1 aliphatic rings. The minimum atomic E-state index is -3.72. The zero-order valence-electron chi connectivity index (χ0n) is 21.1. The van der Waals surface area contributed by atoms with Crippen molar-refractivity contribution in [1.29, 1.82) is 0 Å². The van der Waals surface area contributed by atoms with E-state index in [1.54, 1.807) is 41.5 Å². The summed E-state index contributed by atoms with van der Waals surface area (Å²) in [6, 6.07) is 7.40. The molecule has 0 fully saturated rings. The fourth-order valence-corrected chi connectivity index (χ4v) is 6.42. The lowest BCUT2D eigenvalue weighted by Gasteiger charge is -2.38. The SMILES string of the molecule is C[C@@H]1CN([C@H](C)CO)C(=O)c2cc(NC(=O)Cn3cnnn3)ccc2O[C@H]1CN(C)S(=O)(=O)c1cccs1. The Morgan fingerprint density at radius 3 is 2.82 bits per heavy atom. The van der Waals surface area contributed by atoms with Crippen molar-refractivity contribution < 1.29 is 27.9 Å². The summed E-state index contributed by atoms with van der Waals surface area (Å²) in [6.07, 6.45) is 0.707. The van der Waals surface area contributed by atoms with E-state index in [0.29, 0.717) is 5.69 Å². The van der Waals surface area contributed by atoms with E-state index in [1.807, 2.05) is 6.92 Å². The average Bonchev–Trinajstić information content (AvgIpc) is 3.61. The minimum Gasteiger partial charge on any atom is -0.488 e. The van der Waals surface area contributed by atoms with E-state index in [4.69, 9.17) is 4.74 Å². The molecule has 0 aliphatic carbocycles. The molecule has 3 aromatic rings. The Bertz CT molecular complexity index is 1360. The fourth-order valence-electron chi connectivity index (χ4n) is 4.03. The number of benzene rings is 1. The molecule has 2 N–H and O–H groups in total. The molecule has 1 aromatic carbocycles. The molecule has 15 heteroatoms. The van der Waals surface area contributed by atoms with Crippen LogP contribution in [0.15, 0.2) is 46.2 Å². The summed E-state index contributed by atoms with van der Waals surface area (Å²) in [5, 5.41) is 24.9. The molecular formula is C23H29N7O6S2. The summed E-state index contributed by atoms with van der Waals surface area (Å²) >= 11 is 1.13. The number of aromatic nitrogens is 4. The van der Waals surface area contributed by atoms with Crippen LogP contribution in [0.3, 0.4) is 0 Å². The predicted molar refractivity (Wildman–Crippen MR) is 138 cm³/mol. The summed E-state index contributed by atoms with van der Waals surface area (Å²) in [5.74, 6) is -0.785. The minimum absolute atomic E-state index is 0.0425. The van der Waals surface area contributed by atoms with Gasteiger partial charge in [0.15, 0.2) is 0 Å². The van der Waals surface area contributed by atoms with Crippen LogP contribution in [-0.2, 0) is 21.4 Å². The van der Waals surface area contributed by atoms with Gasteiger partial charge in [0.05, 0.1) is 24.8 Å². The van der Waals surface area contributed by atoms with Gasteiger partial charge in [0, 0.05) is 25.2 Å². The molecule has 0 saturated heterocycles. The monoisotopic (exact) mass is 563 g/mol. The molecule has 2 aromatic heterocycles. The molecule has 1 aliphatic heterocycles. The van der Waals surface area contributed by atoms with Crippen molar-refractivity contribution in [3.05, 3.63) is 47.6 Å². The number of anilines is 1. The molecule has 0 unspecified atom stereocenters. The Balaban J connectivity index is 1.62. The fraction of sp³-hybridized carbons (Fsp3) is 0.435. The Morgan fingerprint density at radius 2 is 2.16 bits per heavy atom. The number of amides is 2. The van der Waals surface area contributed by atoms with Gasteiger partial charge < -0.3 is 20.1 Å². The molecular weight excluding hydrogens is 534 g/mol. The second-order valence-electron chi connectivity index (χ2n) is 9.11. The number of tetrazole rings is 1. The van der Waals surface area contributed by atoms with Crippen LogP contribution in [0, 0.1) is 5.92 Å². The van der Waals surface area contributed by atoms with Gasteiger partial charge in [-0.05, 0) is 47.0 Å². The number of rotatable bonds is 9. The number of aliphatic hydroxyl groups is 1. The van der Waals surface area contributed by atoms with E-state index in [1.165, 1.54) is 28.4 Å². The first-order valence-corrected chi connectivity index (χ1v) is 14.1. The molecule has 4 rings (SSSR count). The van der Waals surface area contributed by atoms with Gasteiger partial charge >= 0.3 is 0 Å². The maximum Gasteiger partial charge on any atom is 0.258 e. The topological polar surface area (TPSA) is 160 Å². The number of carbonyl (C=O) groups is 2. The average molecular weight is 564 g/mol. The highest BCUT2D eigenvalue weighted by Crippen LogP contribution is 2.31. The van der Waals surface area contributed by atoms with Crippen molar-refractivity contribution in [2.75, 3.05) is 32.1 Å². The lowest BCUT2D eigenvalue weighted by molar-refractivity contribution is -0.116. The maximum atomic E-state index is 13.6. The van der Waals surface area contributed by atoms with Crippen molar-refractivity contribution in [3.8, 4) is 5.75 Å². The summed E-state index contributed by atoms with van der Waals surface area (Å²) < 4.78 is 35.1. The third-order valence-electron chi connectivity index (χ3n) is 6.24. The van der Waals surface area contributed by atoms with E-state index in [9.17, 15) is 23.1 Å². The van der Waals surface area contributed by atoms with Crippen LogP contribution in [0.2, 0.25) is 0 Å². The van der Waals surface area contributed by atoms with E-state index in [-0.39, 0.29) is 53.6 Å². The van der Waals surface area contributed by atoms with Gasteiger partial charge in [-0.1, -0.05) is 13.0 Å². The van der Waals surface area contributed by atoms with Gasteiger partial charge in [-0.15, -0.1) is 16.4 Å². The molecule has 3 atom stereocenters. The number of thiophene rings is 1. The number of carbonyl (C=O) groups excluding carboxylic acids is 2. The van der Waals surface area contributed by atoms with Crippen LogP contribution in [-0.4, -0.2) is 93.6 Å². The first kappa shape index (κ1) is 27.6. The maximum absolute atomic E-state index is 13.6. The number of fused-ring (bicyclic) bond motifs is 1. The highest BCUT2D eigenvalue weighted by molar-refractivity contribution is 7.91. The van der Waals surface area contributed by atoms with Gasteiger partial charge in [-0.25, -0.2) is 13.1 Å². The summed E-state index contributed by atoms with van der Waals surface area (Å²) in [4.78, 5) is 27.5. The number of nitrogens with one attached hydrogen (secondary N) is 1. The van der Waals surface area contributed by atoms with Gasteiger partial charge in [0.25, 0.3) is 15.9 Å². The summed E-state index contributed by atoms with van der Waals surface area (Å²) in [7, 11) is -2.22. The zero-order chi connectivity index (χ0) is 27.4. The molecule has 13 nitrogen and oxygen atoms in total. The van der Waals surface area contributed by atoms with Crippen LogP contribution >= 0.6 is 11.3 Å². The molecule has 0 spiro atoms. The standard InChI is InChI=1S/C23H29N7O6S2/c1-15-10-30(16(2)13-31)23(33)18-9-17(25-21(32)12-29-14-24-26-27-29)6-7-19(18)36-20(15)11-28(3)38(34,35)22-5-4-8-37-22/h4-9,14-16,20,31H,10-13H2,1-3H3,(H,25,32)/t15-,16-,20+/m1/s1. The number of ether oxygens (including phenoxy) is 1. The second-order valence-corrected chi connectivity index (χ2v) is 12.3. The number of sulfonamides is 1. The summed E-state index contributed by atoms with van der Waals surface area (Å²) in [6.45, 7) is 3.50. The molecule has 3 heterocycles. The number of hydrogen-bond acceptors (Lipinski definition) is 10. The van der Waals surface area contributed by atoms with Crippen LogP contribution in [0.5, 0.6) is 5.75 Å². The number of hydrogen-bond donors (Lipinski definition) is 2. The Labute approximate surface area is 224 Å². The normalized spacial score (nSPS) is 18.9. The van der Waals surface area contributed by atoms with Crippen molar-refractivity contribution in [2.24, 2.45) is 5.92 Å². The lowest BCUT2D eigenvalue weighted by Crippen LogP contribution is -2.50. The van der Waals surface area contributed by atoms with Gasteiger partial charge in [-0.3, -0.25) is 9.59 Å². The molecule has 204 valence electrons. The first-order chi connectivity index (χ1) is 18.1. The van der Waals surface area contributed by atoms with Crippen molar-refractivity contribution in [3.63, 3.8) is 0 Å². The molecule has 0 bridgehead atoms. The highest BCUT2D eigenvalue weighted by atomic mass is 32.2. The largest absolute Gasteiger partial charge is 0.488 e. The Kier molecular flexibility index (Phi) is 8.40. The molecule has 0 saturated carbocycles. The van der Waals surface area contributed by atoms with E-state index in [2.05, 4.69) is 20.8 Å². The number of nitrogens with zero attached hydrogens (tertiary/aromatic N) is 6. The van der Waals surface area contributed by atoms with Gasteiger partial charge in [0.2, 0.25) is 5.91 Å². The summed E-state index contributed by atoms with van der Waals surface area (Å²) in [5.41, 5.74) is 0.545. The Morgan fingerprint density at radius 1 is 1.37 bits per heavy atom. The molecule has 38 heavy (non-hydrogen) atoms. The van der Waals surface area contributed by atoms with E-state index < -0.39 is 28.1 Å². The van der Waals surface area contributed by atoms with E-state index >= 15 is 0 Å². The molecule has 0 radical (unpaired) electrons. The number of likely N-dealkylation sites (N-methyl/N-ethyl adjacent to an activating group) is 1. The lowest BCUT2D eigenvalue weighted by atomic mass is 9.99. The number of aliphatic hydroxyl groups excluding tert-OH is 1. The van der Waals surface area contributed by atoms with Gasteiger partial charge in [-0.2, -0.15) is 4.31 Å². The van der Waals surface area contributed by atoms with Crippen molar-refractivity contribution >= 4 is 38.9 Å². The van der Waals surface area contributed by atoms with Crippen LogP contribution in [0.1, 0.15) is 24.2 Å². The molecule has 2 amide bonds.